The van der Waals surface area contributed by atoms with Crippen LogP contribution in [0.15, 0.2) is 71.6 Å². The first kappa shape index (κ1) is 23.1. The lowest BCUT2D eigenvalue weighted by Gasteiger charge is -2.26. The normalized spacial score (nSPS) is 11.0. The molecular weight excluding hydrogens is 428 g/mol. The second kappa shape index (κ2) is 9.74. The van der Waals surface area contributed by atoms with Crippen LogP contribution >= 0.6 is 0 Å². The highest BCUT2D eigenvalue weighted by atomic mass is 32.2. The summed E-state index contributed by atoms with van der Waals surface area (Å²) in [5, 5.41) is 2.74. The molecule has 0 aliphatic rings. The van der Waals surface area contributed by atoms with Crippen molar-refractivity contribution >= 4 is 27.3 Å². The Labute approximate surface area is 188 Å². The fourth-order valence-corrected chi connectivity index (χ4v) is 4.70. The van der Waals surface area contributed by atoms with Gasteiger partial charge in [-0.3, -0.25) is 9.10 Å². The molecule has 1 N–H and O–H groups in total. The molecule has 0 spiro atoms. The predicted octanol–water partition coefficient (Wildman–Crippen LogP) is 4.15. The van der Waals surface area contributed by atoms with E-state index in [2.05, 4.69) is 5.32 Å². The zero-order chi connectivity index (χ0) is 23.3. The highest BCUT2D eigenvalue weighted by Gasteiger charge is 2.28. The number of amides is 1. The molecule has 3 rings (SSSR count). The molecule has 0 fully saturated rings. The Hall–Kier alpha value is -3.52. The minimum atomic E-state index is -3.99. The number of ether oxygens (including phenoxy) is 2. The quantitative estimate of drug-likeness (QED) is 0.553. The monoisotopic (exact) mass is 454 g/mol. The maximum Gasteiger partial charge on any atom is 0.264 e. The average molecular weight is 455 g/mol. The Balaban J connectivity index is 1.98. The Kier molecular flexibility index (Phi) is 7.05. The van der Waals surface area contributed by atoms with Crippen LogP contribution in [0.5, 0.6) is 11.5 Å². The molecule has 0 aromatic heterocycles. The van der Waals surface area contributed by atoms with E-state index in [1.807, 2.05) is 13.0 Å². The van der Waals surface area contributed by atoms with E-state index in [4.69, 9.17) is 9.47 Å². The van der Waals surface area contributed by atoms with Gasteiger partial charge in [-0.05, 0) is 49.7 Å². The van der Waals surface area contributed by atoms with Gasteiger partial charge in [-0.15, -0.1) is 0 Å². The summed E-state index contributed by atoms with van der Waals surface area (Å²) in [6.07, 6.45) is 0. The number of nitrogens with one attached hydrogen (secondary N) is 1. The molecule has 0 heterocycles. The van der Waals surface area contributed by atoms with E-state index < -0.39 is 22.5 Å². The summed E-state index contributed by atoms with van der Waals surface area (Å²) in [5.74, 6) is 0.447. The second-order valence-corrected chi connectivity index (χ2v) is 9.09. The molecule has 0 atom stereocenters. The number of anilines is 2. The van der Waals surface area contributed by atoms with Crippen molar-refractivity contribution in [2.24, 2.45) is 0 Å². The molecule has 8 heteroatoms. The maximum atomic E-state index is 13.5. The summed E-state index contributed by atoms with van der Waals surface area (Å²) in [5.41, 5.74) is 2.49. The van der Waals surface area contributed by atoms with Crippen molar-refractivity contribution in [2.75, 3.05) is 30.4 Å². The summed E-state index contributed by atoms with van der Waals surface area (Å²) >= 11 is 0. The lowest BCUT2D eigenvalue weighted by Crippen LogP contribution is -2.38. The summed E-state index contributed by atoms with van der Waals surface area (Å²) in [4.78, 5) is 13.1. The highest BCUT2D eigenvalue weighted by Crippen LogP contribution is 2.30. The number of rotatable bonds is 8. The Bertz CT molecular complexity index is 1210. The lowest BCUT2D eigenvalue weighted by atomic mass is 10.2. The minimum Gasteiger partial charge on any atom is -0.497 e. The molecule has 0 aliphatic carbocycles. The molecular formula is C24H26N2O5S. The molecule has 3 aromatic rings. The van der Waals surface area contributed by atoms with Crippen LogP contribution < -0.4 is 19.1 Å². The van der Waals surface area contributed by atoms with Gasteiger partial charge in [0.1, 0.15) is 18.0 Å². The van der Waals surface area contributed by atoms with Gasteiger partial charge in [-0.2, -0.15) is 0 Å². The van der Waals surface area contributed by atoms with Crippen LogP contribution in [0.2, 0.25) is 0 Å². The van der Waals surface area contributed by atoms with Gasteiger partial charge in [0.2, 0.25) is 5.91 Å². The first-order chi connectivity index (χ1) is 15.3. The second-order valence-electron chi connectivity index (χ2n) is 7.23. The van der Waals surface area contributed by atoms with Crippen molar-refractivity contribution in [1.29, 1.82) is 0 Å². The molecule has 0 aliphatic heterocycles. The van der Waals surface area contributed by atoms with E-state index >= 15 is 0 Å². The molecule has 32 heavy (non-hydrogen) atoms. The van der Waals surface area contributed by atoms with E-state index in [1.54, 1.807) is 67.6 Å². The number of sulfonamides is 1. The number of nitrogens with zero attached hydrogens (tertiary/aromatic N) is 1. The zero-order valence-electron chi connectivity index (χ0n) is 18.5. The summed E-state index contributed by atoms with van der Waals surface area (Å²) in [6.45, 7) is 3.27. The zero-order valence-corrected chi connectivity index (χ0v) is 19.3. The van der Waals surface area contributed by atoms with Crippen molar-refractivity contribution < 1.29 is 22.7 Å². The third-order valence-electron chi connectivity index (χ3n) is 4.96. The Morgan fingerprint density at radius 2 is 1.62 bits per heavy atom. The lowest BCUT2D eigenvalue weighted by molar-refractivity contribution is -0.114. The number of methoxy groups -OCH3 is 2. The molecule has 0 radical (unpaired) electrons. The first-order valence-corrected chi connectivity index (χ1v) is 11.4. The number of benzene rings is 3. The van der Waals surface area contributed by atoms with E-state index in [1.165, 1.54) is 14.2 Å². The third-order valence-corrected chi connectivity index (χ3v) is 6.74. The van der Waals surface area contributed by atoms with Gasteiger partial charge in [-0.25, -0.2) is 8.42 Å². The number of hydrogen-bond donors (Lipinski definition) is 1. The largest absolute Gasteiger partial charge is 0.497 e. The van der Waals surface area contributed by atoms with E-state index in [9.17, 15) is 13.2 Å². The number of aryl methyl sites for hydroxylation is 2. The highest BCUT2D eigenvalue weighted by molar-refractivity contribution is 7.92. The molecule has 1 amide bonds. The van der Waals surface area contributed by atoms with E-state index in [0.717, 1.165) is 15.4 Å². The minimum absolute atomic E-state index is 0.109. The van der Waals surface area contributed by atoms with Gasteiger partial charge < -0.3 is 14.8 Å². The van der Waals surface area contributed by atoms with Crippen LogP contribution in [0.25, 0.3) is 0 Å². The van der Waals surface area contributed by atoms with Crippen LogP contribution in [0.3, 0.4) is 0 Å². The Morgan fingerprint density at radius 3 is 2.25 bits per heavy atom. The van der Waals surface area contributed by atoms with Crippen LogP contribution in [0, 0.1) is 13.8 Å². The van der Waals surface area contributed by atoms with Crippen molar-refractivity contribution in [3.63, 3.8) is 0 Å². The Morgan fingerprint density at radius 1 is 0.938 bits per heavy atom. The van der Waals surface area contributed by atoms with Crippen LogP contribution in [-0.4, -0.2) is 35.1 Å². The summed E-state index contributed by atoms with van der Waals surface area (Å²) < 4.78 is 38.6. The van der Waals surface area contributed by atoms with Crippen molar-refractivity contribution in [2.45, 2.75) is 18.7 Å². The third kappa shape index (κ3) is 5.03. The van der Waals surface area contributed by atoms with Gasteiger partial charge in [0.25, 0.3) is 10.0 Å². The number of para-hydroxylation sites is 1. The molecule has 3 aromatic carbocycles. The number of hydrogen-bond acceptors (Lipinski definition) is 5. The molecule has 0 saturated carbocycles. The van der Waals surface area contributed by atoms with Crippen molar-refractivity contribution in [1.82, 2.24) is 0 Å². The van der Waals surface area contributed by atoms with Crippen molar-refractivity contribution in [3.05, 3.63) is 77.9 Å². The van der Waals surface area contributed by atoms with Gasteiger partial charge in [-0.1, -0.05) is 35.9 Å². The smallest absolute Gasteiger partial charge is 0.264 e. The van der Waals surface area contributed by atoms with Gasteiger partial charge >= 0.3 is 0 Å². The first-order valence-electron chi connectivity index (χ1n) is 9.93. The molecule has 168 valence electrons. The number of carbonyl (C=O) groups is 1. The molecule has 0 bridgehead atoms. The van der Waals surface area contributed by atoms with Gasteiger partial charge in [0.15, 0.2) is 0 Å². The molecule has 0 unspecified atom stereocenters. The summed E-state index contributed by atoms with van der Waals surface area (Å²) in [7, 11) is -0.992. The molecule has 0 saturated heterocycles. The van der Waals surface area contributed by atoms with Crippen molar-refractivity contribution in [3.8, 4) is 11.5 Å². The number of carbonyl (C=O) groups excluding carboxylic acids is 1. The fraction of sp³-hybridized carbons (Fsp3) is 0.208. The standard InChI is InChI=1S/C24H26N2O5S/c1-17-9-12-20(13-10-17)32(28,29)26(22-8-6-5-7-18(22)2)16-24(27)25-21-15-19(30-3)11-14-23(21)31-4/h5-15H,16H2,1-4H3,(H,25,27). The van der Waals surface area contributed by atoms with Crippen LogP contribution in [0.1, 0.15) is 11.1 Å². The maximum absolute atomic E-state index is 13.5. The summed E-state index contributed by atoms with van der Waals surface area (Å²) in [6, 6.07) is 18.6. The molecule has 7 nitrogen and oxygen atoms in total. The fourth-order valence-electron chi connectivity index (χ4n) is 3.21. The van der Waals surface area contributed by atoms with E-state index in [-0.39, 0.29) is 4.90 Å². The van der Waals surface area contributed by atoms with Gasteiger partial charge in [0, 0.05) is 6.07 Å². The SMILES string of the molecule is COc1ccc(OC)c(NC(=O)CN(c2ccccc2C)S(=O)(=O)c2ccc(C)cc2)c1. The topological polar surface area (TPSA) is 84.9 Å². The van der Waals surface area contributed by atoms with Gasteiger partial charge in [0.05, 0.1) is 30.5 Å². The van der Waals surface area contributed by atoms with E-state index in [0.29, 0.717) is 22.9 Å². The average Bonchev–Trinajstić information content (AvgIpc) is 2.78. The van der Waals surface area contributed by atoms with Crippen LogP contribution in [0.4, 0.5) is 11.4 Å². The predicted molar refractivity (Wildman–Crippen MR) is 125 cm³/mol. The van der Waals surface area contributed by atoms with Crippen LogP contribution in [-0.2, 0) is 14.8 Å².